The molecule has 3 rings (SSSR count). The Hall–Kier alpha value is -2.90. The Kier molecular flexibility index (Phi) is 7.65. The van der Waals surface area contributed by atoms with E-state index >= 15 is 0 Å². The highest BCUT2D eigenvalue weighted by Crippen LogP contribution is 2.23. The van der Waals surface area contributed by atoms with Gasteiger partial charge in [0, 0.05) is 17.1 Å². The fraction of sp³-hybridized carbons (Fsp3) is 0.261. The quantitative estimate of drug-likeness (QED) is 0.466. The van der Waals surface area contributed by atoms with Crippen molar-refractivity contribution in [2.24, 2.45) is 0 Å². The van der Waals surface area contributed by atoms with Crippen molar-refractivity contribution in [1.29, 1.82) is 0 Å². The van der Waals surface area contributed by atoms with E-state index in [9.17, 15) is 9.59 Å². The third-order valence-electron chi connectivity index (χ3n) is 4.59. The maximum Gasteiger partial charge on any atom is 0.263 e. The molecule has 0 radical (unpaired) electrons. The van der Waals surface area contributed by atoms with Gasteiger partial charge < -0.3 is 15.4 Å². The number of hydrogen-bond donors (Lipinski definition) is 2. The number of rotatable bonds is 8. The Balaban J connectivity index is 1.59. The summed E-state index contributed by atoms with van der Waals surface area (Å²) in [6.45, 7) is 5.81. The van der Waals surface area contributed by atoms with Gasteiger partial charge in [-0.25, -0.2) is 4.98 Å². The average Bonchev–Trinajstić information content (AvgIpc) is 3.14. The van der Waals surface area contributed by atoms with Gasteiger partial charge >= 0.3 is 0 Å². The topological polar surface area (TPSA) is 80.3 Å². The van der Waals surface area contributed by atoms with Crippen LogP contribution in [0.1, 0.15) is 52.2 Å². The van der Waals surface area contributed by atoms with Gasteiger partial charge in [0.2, 0.25) is 5.91 Å². The lowest BCUT2D eigenvalue weighted by molar-refractivity contribution is -0.115. The van der Waals surface area contributed by atoms with E-state index in [1.165, 1.54) is 11.3 Å². The summed E-state index contributed by atoms with van der Waals surface area (Å²) in [7, 11) is 0. The summed E-state index contributed by atoms with van der Waals surface area (Å²) in [6.07, 6.45) is 0.426. The smallest absolute Gasteiger partial charge is 0.263 e. The van der Waals surface area contributed by atoms with E-state index in [-0.39, 0.29) is 24.5 Å². The van der Waals surface area contributed by atoms with Crippen molar-refractivity contribution < 1.29 is 14.3 Å². The number of carbonyl (C=O) groups excluding carboxylic acids is 2. The number of thiazole rings is 1. The predicted octanol–water partition coefficient (Wildman–Crippen LogP) is 5.52. The zero-order chi connectivity index (χ0) is 22.4. The number of hydrogen-bond acceptors (Lipinski definition) is 5. The van der Waals surface area contributed by atoms with Gasteiger partial charge in [-0.05, 0) is 55.8 Å². The SMILES string of the molecule is CCC(=O)Nc1ccc(C(C)NC(=O)c2sc(COc3ccc(Cl)cc3)nc2C)cc1. The van der Waals surface area contributed by atoms with E-state index in [1.807, 2.05) is 38.1 Å². The first-order valence-electron chi connectivity index (χ1n) is 9.91. The summed E-state index contributed by atoms with van der Waals surface area (Å²) in [5.41, 5.74) is 2.34. The highest BCUT2D eigenvalue weighted by Gasteiger charge is 2.18. The van der Waals surface area contributed by atoms with Crippen molar-refractivity contribution in [3.63, 3.8) is 0 Å². The molecule has 2 aromatic carbocycles. The summed E-state index contributed by atoms with van der Waals surface area (Å²) >= 11 is 7.20. The minimum absolute atomic E-state index is 0.0365. The van der Waals surface area contributed by atoms with Crippen molar-refractivity contribution >= 4 is 40.4 Å². The molecule has 1 aromatic heterocycles. The molecule has 0 saturated heterocycles. The van der Waals surface area contributed by atoms with E-state index in [0.29, 0.717) is 27.8 Å². The highest BCUT2D eigenvalue weighted by molar-refractivity contribution is 7.13. The molecule has 3 aromatic rings. The van der Waals surface area contributed by atoms with Crippen LogP contribution in [0.2, 0.25) is 5.02 Å². The predicted molar refractivity (Wildman–Crippen MR) is 124 cm³/mol. The summed E-state index contributed by atoms with van der Waals surface area (Å²) in [5.74, 6) is 0.477. The fourth-order valence-electron chi connectivity index (χ4n) is 2.85. The van der Waals surface area contributed by atoms with Crippen LogP contribution >= 0.6 is 22.9 Å². The van der Waals surface area contributed by atoms with Gasteiger partial charge in [0.05, 0.1) is 11.7 Å². The second-order valence-electron chi connectivity index (χ2n) is 6.98. The molecule has 0 saturated carbocycles. The Bertz CT molecular complexity index is 1050. The first kappa shape index (κ1) is 22.8. The number of nitrogens with zero attached hydrogens (tertiary/aromatic N) is 1. The lowest BCUT2D eigenvalue weighted by Gasteiger charge is -2.14. The van der Waals surface area contributed by atoms with Crippen molar-refractivity contribution in [2.45, 2.75) is 39.8 Å². The van der Waals surface area contributed by atoms with Crippen molar-refractivity contribution in [3.8, 4) is 5.75 Å². The third kappa shape index (κ3) is 6.29. The van der Waals surface area contributed by atoms with E-state index in [4.69, 9.17) is 16.3 Å². The Morgan fingerprint density at radius 2 is 1.81 bits per heavy atom. The number of aryl methyl sites for hydroxylation is 1. The number of halogens is 1. The Morgan fingerprint density at radius 1 is 1.13 bits per heavy atom. The first-order valence-corrected chi connectivity index (χ1v) is 11.1. The van der Waals surface area contributed by atoms with Gasteiger partial charge in [-0.1, -0.05) is 30.7 Å². The van der Waals surface area contributed by atoms with Gasteiger partial charge in [0.15, 0.2) is 0 Å². The van der Waals surface area contributed by atoms with Gasteiger partial charge in [-0.15, -0.1) is 11.3 Å². The summed E-state index contributed by atoms with van der Waals surface area (Å²) in [5, 5.41) is 7.18. The molecular weight excluding hydrogens is 434 g/mol. The fourth-order valence-corrected chi connectivity index (χ4v) is 3.86. The number of carbonyl (C=O) groups is 2. The molecular formula is C23H24ClN3O3S. The average molecular weight is 458 g/mol. The minimum atomic E-state index is -0.196. The van der Waals surface area contributed by atoms with Crippen LogP contribution in [0.3, 0.4) is 0 Å². The van der Waals surface area contributed by atoms with Gasteiger partial charge in [0.1, 0.15) is 22.2 Å². The Morgan fingerprint density at radius 3 is 2.45 bits per heavy atom. The molecule has 0 aliphatic carbocycles. The molecule has 2 N–H and O–H groups in total. The van der Waals surface area contributed by atoms with Crippen LogP contribution in [0.15, 0.2) is 48.5 Å². The van der Waals surface area contributed by atoms with E-state index in [0.717, 1.165) is 16.3 Å². The van der Waals surface area contributed by atoms with Crippen LogP contribution in [0, 0.1) is 6.92 Å². The zero-order valence-corrected chi connectivity index (χ0v) is 19.1. The van der Waals surface area contributed by atoms with Gasteiger partial charge in [-0.3, -0.25) is 9.59 Å². The molecule has 0 spiro atoms. The monoisotopic (exact) mass is 457 g/mol. The summed E-state index contributed by atoms with van der Waals surface area (Å²) < 4.78 is 5.72. The normalized spacial score (nSPS) is 11.6. The first-order chi connectivity index (χ1) is 14.9. The van der Waals surface area contributed by atoms with Gasteiger partial charge in [0.25, 0.3) is 5.91 Å². The molecule has 6 nitrogen and oxygen atoms in total. The lowest BCUT2D eigenvalue weighted by Crippen LogP contribution is -2.26. The van der Waals surface area contributed by atoms with Crippen molar-refractivity contribution in [1.82, 2.24) is 10.3 Å². The number of nitrogens with one attached hydrogen (secondary N) is 2. The second kappa shape index (κ2) is 10.4. The number of aromatic nitrogens is 1. The van der Waals surface area contributed by atoms with Gasteiger partial charge in [-0.2, -0.15) is 0 Å². The zero-order valence-electron chi connectivity index (χ0n) is 17.6. The van der Waals surface area contributed by atoms with Crippen LogP contribution < -0.4 is 15.4 Å². The summed E-state index contributed by atoms with van der Waals surface area (Å²) in [4.78, 5) is 29.3. The maximum absolute atomic E-state index is 12.8. The number of anilines is 1. The van der Waals surface area contributed by atoms with Crippen LogP contribution in [0.25, 0.3) is 0 Å². The molecule has 1 heterocycles. The number of amides is 2. The number of ether oxygens (including phenoxy) is 1. The van der Waals surface area contributed by atoms with Crippen LogP contribution in [-0.2, 0) is 11.4 Å². The van der Waals surface area contributed by atoms with Crippen molar-refractivity contribution in [3.05, 3.63) is 74.7 Å². The number of benzene rings is 2. The molecule has 0 bridgehead atoms. The standard InChI is InChI=1S/C23H24ClN3O3S/c1-4-20(28)27-18-9-5-16(6-10-18)14(2)26-23(29)22-15(3)25-21(31-22)13-30-19-11-7-17(24)8-12-19/h5-12,14H,4,13H2,1-3H3,(H,26,29)(H,27,28). The molecule has 2 amide bonds. The van der Waals surface area contributed by atoms with E-state index < -0.39 is 0 Å². The molecule has 1 atom stereocenters. The largest absolute Gasteiger partial charge is 0.486 e. The highest BCUT2D eigenvalue weighted by atomic mass is 35.5. The molecule has 0 aliphatic rings. The van der Waals surface area contributed by atoms with Crippen LogP contribution in [-0.4, -0.2) is 16.8 Å². The molecule has 0 aliphatic heterocycles. The van der Waals surface area contributed by atoms with E-state index in [1.54, 1.807) is 31.2 Å². The summed E-state index contributed by atoms with van der Waals surface area (Å²) in [6, 6.07) is 14.3. The molecule has 0 fully saturated rings. The van der Waals surface area contributed by atoms with Crippen LogP contribution in [0.4, 0.5) is 5.69 Å². The van der Waals surface area contributed by atoms with E-state index in [2.05, 4.69) is 15.6 Å². The lowest BCUT2D eigenvalue weighted by atomic mass is 10.1. The molecule has 1 unspecified atom stereocenters. The molecule has 31 heavy (non-hydrogen) atoms. The minimum Gasteiger partial charge on any atom is -0.486 e. The Labute approximate surface area is 190 Å². The maximum atomic E-state index is 12.8. The van der Waals surface area contributed by atoms with Crippen molar-refractivity contribution in [2.75, 3.05) is 5.32 Å². The van der Waals surface area contributed by atoms with Crippen LogP contribution in [0.5, 0.6) is 5.75 Å². The third-order valence-corrected chi connectivity index (χ3v) is 5.97. The molecule has 162 valence electrons. The molecule has 8 heteroatoms. The second-order valence-corrected chi connectivity index (χ2v) is 8.50.